The molecule has 0 aliphatic carbocycles. The van der Waals surface area contributed by atoms with Crippen molar-refractivity contribution in [3.63, 3.8) is 0 Å². The zero-order valence-electron chi connectivity index (χ0n) is 14.8. The number of carbonyl (C=O) groups excluding carboxylic acids is 2. The first-order valence-corrected chi connectivity index (χ1v) is 7.78. The fourth-order valence-electron chi connectivity index (χ4n) is 2.40. The third kappa shape index (κ3) is 4.50. The minimum atomic E-state index is -0.146. The van der Waals surface area contributed by atoms with Crippen molar-refractivity contribution in [2.45, 2.75) is 6.54 Å². The Kier molecular flexibility index (Phi) is 6.00. The third-order valence-electron chi connectivity index (χ3n) is 3.81. The number of amides is 2. The van der Waals surface area contributed by atoms with Gasteiger partial charge >= 0.3 is 0 Å². The van der Waals surface area contributed by atoms with Gasteiger partial charge in [-0.25, -0.2) is 0 Å². The molecule has 6 heteroatoms. The van der Waals surface area contributed by atoms with E-state index in [1.54, 1.807) is 63.5 Å². The van der Waals surface area contributed by atoms with Crippen LogP contribution in [0.5, 0.6) is 11.5 Å². The highest BCUT2D eigenvalue weighted by molar-refractivity contribution is 5.95. The molecule has 2 amide bonds. The maximum absolute atomic E-state index is 12.7. The Morgan fingerprint density at radius 3 is 2.00 bits per heavy atom. The van der Waals surface area contributed by atoms with E-state index in [1.807, 2.05) is 12.1 Å². The molecule has 0 saturated heterocycles. The summed E-state index contributed by atoms with van der Waals surface area (Å²) in [6, 6.07) is 12.2. The first-order valence-electron chi connectivity index (χ1n) is 7.78. The van der Waals surface area contributed by atoms with E-state index in [0.717, 1.165) is 5.56 Å². The molecule has 0 aromatic heterocycles. The second kappa shape index (κ2) is 8.19. The Balaban J connectivity index is 2.13. The van der Waals surface area contributed by atoms with Crippen LogP contribution in [-0.2, 0) is 6.54 Å². The van der Waals surface area contributed by atoms with Gasteiger partial charge in [0.15, 0.2) is 0 Å². The highest BCUT2D eigenvalue weighted by Crippen LogP contribution is 2.23. The molecule has 2 rings (SSSR count). The first kappa shape index (κ1) is 18.3. The van der Waals surface area contributed by atoms with Gasteiger partial charge in [0.1, 0.15) is 11.5 Å². The summed E-state index contributed by atoms with van der Waals surface area (Å²) in [5.41, 5.74) is 2.00. The van der Waals surface area contributed by atoms with Crippen LogP contribution in [0.4, 0.5) is 0 Å². The molecule has 1 N–H and O–H groups in total. The summed E-state index contributed by atoms with van der Waals surface area (Å²) in [4.78, 5) is 25.8. The molecule has 0 fully saturated rings. The number of carbonyl (C=O) groups is 2. The van der Waals surface area contributed by atoms with E-state index in [1.165, 1.54) is 0 Å². The molecular formula is C19H22N2O4. The van der Waals surface area contributed by atoms with Crippen LogP contribution >= 0.6 is 0 Å². The topological polar surface area (TPSA) is 67.9 Å². The van der Waals surface area contributed by atoms with Gasteiger partial charge in [-0.15, -0.1) is 0 Å². The summed E-state index contributed by atoms with van der Waals surface area (Å²) in [6.07, 6.45) is 0. The summed E-state index contributed by atoms with van der Waals surface area (Å²) in [5.74, 6) is 0.837. The minimum Gasteiger partial charge on any atom is -0.497 e. The monoisotopic (exact) mass is 342 g/mol. The predicted octanol–water partition coefficient (Wildman–Crippen LogP) is 2.34. The fraction of sp³-hybridized carbons (Fsp3) is 0.263. The van der Waals surface area contributed by atoms with Gasteiger partial charge in [-0.3, -0.25) is 9.59 Å². The molecular weight excluding hydrogens is 320 g/mol. The quantitative estimate of drug-likeness (QED) is 0.875. The molecule has 0 spiro atoms. The first-order chi connectivity index (χ1) is 12.0. The number of nitrogens with zero attached hydrogens (tertiary/aromatic N) is 1. The summed E-state index contributed by atoms with van der Waals surface area (Å²) in [7, 11) is 6.40. The normalized spacial score (nSPS) is 10.1. The van der Waals surface area contributed by atoms with Gasteiger partial charge in [0.2, 0.25) is 0 Å². The zero-order valence-corrected chi connectivity index (χ0v) is 14.8. The Labute approximate surface area is 147 Å². The van der Waals surface area contributed by atoms with E-state index in [-0.39, 0.29) is 11.8 Å². The van der Waals surface area contributed by atoms with E-state index >= 15 is 0 Å². The Morgan fingerprint density at radius 1 is 0.960 bits per heavy atom. The average Bonchev–Trinajstić information content (AvgIpc) is 2.66. The van der Waals surface area contributed by atoms with Crippen LogP contribution in [0.3, 0.4) is 0 Å². The molecule has 0 aliphatic heterocycles. The second-order valence-corrected chi connectivity index (χ2v) is 5.54. The molecule has 0 atom stereocenters. The lowest BCUT2D eigenvalue weighted by Gasteiger charge is -2.18. The molecule has 0 saturated carbocycles. The number of ether oxygens (including phenoxy) is 2. The number of hydrogen-bond donors (Lipinski definition) is 1. The van der Waals surface area contributed by atoms with Gasteiger partial charge in [0, 0.05) is 37.8 Å². The summed E-state index contributed by atoms with van der Waals surface area (Å²) in [5, 5.41) is 2.58. The molecule has 25 heavy (non-hydrogen) atoms. The predicted molar refractivity (Wildman–Crippen MR) is 95.2 cm³/mol. The lowest BCUT2D eigenvalue weighted by molar-refractivity contribution is 0.0784. The van der Waals surface area contributed by atoms with Crippen molar-refractivity contribution in [1.29, 1.82) is 0 Å². The second-order valence-electron chi connectivity index (χ2n) is 5.54. The molecule has 0 radical (unpaired) electrons. The highest BCUT2D eigenvalue weighted by Gasteiger charge is 2.15. The molecule has 0 heterocycles. The van der Waals surface area contributed by atoms with Gasteiger partial charge in [-0.05, 0) is 29.8 Å². The van der Waals surface area contributed by atoms with Gasteiger partial charge in [-0.1, -0.05) is 12.1 Å². The van der Waals surface area contributed by atoms with Crippen molar-refractivity contribution in [3.8, 4) is 11.5 Å². The van der Waals surface area contributed by atoms with Crippen molar-refractivity contribution in [1.82, 2.24) is 10.2 Å². The lowest BCUT2D eigenvalue weighted by Crippen LogP contribution is -2.26. The van der Waals surface area contributed by atoms with E-state index in [0.29, 0.717) is 29.2 Å². The smallest absolute Gasteiger partial charge is 0.254 e. The van der Waals surface area contributed by atoms with Crippen LogP contribution in [0.1, 0.15) is 26.3 Å². The SMILES string of the molecule is CNC(=O)c1ccc(CN(C)C(=O)c2cc(OC)cc(OC)c2)cc1. The Morgan fingerprint density at radius 2 is 1.52 bits per heavy atom. The van der Waals surface area contributed by atoms with Crippen molar-refractivity contribution in [3.05, 3.63) is 59.2 Å². The summed E-state index contributed by atoms with van der Waals surface area (Å²) < 4.78 is 10.4. The maximum atomic E-state index is 12.7. The van der Waals surface area contributed by atoms with E-state index in [2.05, 4.69) is 5.32 Å². The number of methoxy groups -OCH3 is 2. The largest absolute Gasteiger partial charge is 0.497 e. The summed E-state index contributed by atoms with van der Waals surface area (Å²) >= 11 is 0. The minimum absolute atomic E-state index is 0.139. The number of benzene rings is 2. The lowest BCUT2D eigenvalue weighted by atomic mass is 10.1. The molecule has 6 nitrogen and oxygen atoms in total. The van der Waals surface area contributed by atoms with Crippen LogP contribution in [0.15, 0.2) is 42.5 Å². The van der Waals surface area contributed by atoms with Crippen LogP contribution < -0.4 is 14.8 Å². The van der Waals surface area contributed by atoms with E-state index in [9.17, 15) is 9.59 Å². The van der Waals surface area contributed by atoms with E-state index in [4.69, 9.17) is 9.47 Å². The maximum Gasteiger partial charge on any atom is 0.254 e. The van der Waals surface area contributed by atoms with Crippen molar-refractivity contribution < 1.29 is 19.1 Å². The third-order valence-corrected chi connectivity index (χ3v) is 3.81. The number of nitrogens with one attached hydrogen (secondary N) is 1. The highest BCUT2D eigenvalue weighted by atomic mass is 16.5. The van der Waals surface area contributed by atoms with Crippen molar-refractivity contribution >= 4 is 11.8 Å². The van der Waals surface area contributed by atoms with E-state index < -0.39 is 0 Å². The Bertz CT molecular complexity index is 734. The number of rotatable bonds is 6. The van der Waals surface area contributed by atoms with Crippen LogP contribution in [0.25, 0.3) is 0 Å². The molecule has 2 aromatic rings. The molecule has 0 bridgehead atoms. The molecule has 2 aromatic carbocycles. The van der Waals surface area contributed by atoms with Crippen molar-refractivity contribution in [2.24, 2.45) is 0 Å². The zero-order chi connectivity index (χ0) is 18.4. The average molecular weight is 342 g/mol. The van der Waals surface area contributed by atoms with Gasteiger partial charge in [0.25, 0.3) is 11.8 Å². The molecule has 0 aliphatic rings. The van der Waals surface area contributed by atoms with Crippen LogP contribution in [0, 0.1) is 0 Å². The molecule has 132 valence electrons. The molecule has 0 unspecified atom stereocenters. The van der Waals surface area contributed by atoms with Crippen molar-refractivity contribution in [2.75, 3.05) is 28.3 Å². The number of hydrogen-bond acceptors (Lipinski definition) is 4. The van der Waals surface area contributed by atoms with Gasteiger partial charge < -0.3 is 19.7 Å². The summed E-state index contributed by atoms with van der Waals surface area (Å²) in [6.45, 7) is 0.423. The van der Waals surface area contributed by atoms with Gasteiger partial charge in [-0.2, -0.15) is 0 Å². The Hall–Kier alpha value is -3.02. The fourth-order valence-corrected chi connectivity index (χ4v) is 2.40. The standard InChI is InChI=1S/C19H22N2O4/c1-20-18(22)14-7-5-13(6-8-14)12-21(2)19(23)15-9-16(24-3)11-17(10-15)25-4/h5-11H,12H2,1-4H3,(H,20,22). The van der Waals surface area contributed by atoms with Crippen LogP contribution in [0.2, 0.25) is 0 Å². The van der Waals surface area contributed by atoms with Gasteiger partial charge in [0.05, 0.1) is 14.2 Å². The van der Waals surface area contributed by atoms with Crippen LogP contribution in [-0.4, -0.2) is 45.0 Å².